The zero-order chi connectivity index (χ0) is 6.69. The van der Waals surface area contributed by atoms with Crippen LogP contribution >= 0.6 is 37.0 Å². The Morgan fingerprint density at radius 3 is 2.67 bits per heavy atom. The first kappa shape index (κ1) is 7.89. The largest absolute Gasteiger partial charge is 0.165 e. The van der Waals surface area contributed by atoms with E-state index in [0.717, 1.165) is 5.75 Å². The smallest absolute Gasteiger partial charge is 0.0512 e. The standard InChI is InChI=1S/C6H10S3/c7-6(8)5-2-1-3-9-4-5/h1-2,5-8H,3-4H2. The lowest BCUT2D eigenvalue weighted by Gasteiger charge is -2.17. The first-order valence-corrected chi connectivity index (χ1v) is 5.10. The molecule has 0 radical (unpaired) electrons. The minimum Gasteiger partial charge on any atom is -0.165 e. The van der Waals surface area contributed by atoms with E-state index in [9.17, 15) is 0 Å². The highest BCUT2D eigenvalue weighted by molar-refractivity contribution is 8.00. The molecule has 0 spiro atoms. The van der Waals surface area contributed by atoms with Gasteiger partial charge in [-0.25, -0.2) is 0 Å². The second-order valence-corrected chi connectivity index (χ2v) is 4.64. The topological polar surface area (TPSA) is 0 Å². The van der Waals surface area contributed by atoms with Gasteiger partial charge >= 0.3 is 0 Å². The lowest BCUT2D eigenvalue weighted by Crippen LogP contribution is -2.12. The average molecular weight is 178 g/mol. The predicted molar refractivity (Wildman–Crippen MR) is 51.7 cm³/mol. The van der Waals surface area contributed by atoms with E-state index in [1.54, 1.807) is 0 Å². The maximum Gasteiger partial charge on any atom is 0.0512 e. The summed E-state index contributed by atoms with van der Waals surface area (Å²) in [7, 11) is 0. The van der Waals surface area contributed by atoms with Crippen LogP contribution in [0.4, 0.5) is 0 Å². The quantitative estimate of drug-likeness (QED) is 0.352. The molecule has 1 rings (SSSR count). The van der Waals surface area contributed by atoms with Crippen molar-refractivity contribution in [2.24, 2.45) is 5.92 Å². The number of hydrogen-bond donors (Lipinski definition) is 2. The normalized spacial score (nSPS) is 27.2. The second-order valence-electron chi connectivity index (χ2n) is 2.04. The van der Waals surface area contributed by atoms with Gasteiger partial charge in [-0.1, -0.05) is 12.2 Å². The molecule has 0 saturated carbocycles. The fourth-order valence-electron chi connectivity index (χ4n) is 0.744. The molecule has 1 heterocycles. The molecule has 1 atom stereocenters. The van der Waals surface area contributed by atoms with E-state index < -0.39 is 0 Å². The fraction of sp³-hybridized carbons (Fsp3) is 0.667. The Hall–Kier alpha value is 0.790. The van der Waals surface area contributed by atoms with E-state index in [4.69, 9.17) is 0 Å². The van der Waals surface area contributed by atoms with Gasteiger partial charge in [0.25, 0.3) is 0 Å². The second kappa shape index (κ2) is 3.84. The van der Waals surface area contributed by atoms with Gasteiger partial charge < -0.3 is 0 Å². The van der Waals surface area contributed by atoms with Crippen LogP contribution in [0.2, 0.25) is 0 Å². The third-order valence-electron chi connectivity index (χ3n) is 1.29. The van der Waals surface area contributed by atoms with Crippen molar-refractivity contribution in [3.63, 3.8) is 0 Å². The van der Waals surface area contributed by atoms with Gasteiger partial charge in [0.15, 0.2) is 0 Å². The third-order valence-corrected chi connectivity index (χ3v) is 3.11. The van der Waals surface area contributed by atoms with Crippen molar-refractivity contribution < 1.29 is 0 Å². The van der Waals surface area contributed by atoms with E-state index in [1.165, 1.54) is 5.75 Å². The van der Waals surface area contributed by atoms with Crippen LogP contribution in [0.3, 0.4) is 0 Å². The summed E-state index contributed by atoms with van der Waals surface area (Å²) in [6.45, 7) is 0. The number of allylic oxidation sites excluding steroid dienone is 1. The molecular weight excluding hydrogens is 168 g/mol. The zero-order valence-electron chi connectivity index (χ0n) is 5.03. The lowest BCUT2D eigenvalue weighted by molar-refractivity contribution is 0.826. The van der Waals surface area contributed by atoms with Crippen LogP contribution in [0.1, 0.15) is 0 Å². The minimum absolute atomic E-state index is 0.217. The van der Waals surface area contributed by atoms with Crippen molar-refractivity contribution in [1.29, 1.82) is 0 Å². The molecule has 3 heteroatoms. The van der Waals surface area contributed by atoms with Gasteiger partial charge in [0.2, 0.25) is 0 Å². The van der Waals surface area contributed by atoms with Crippen molar-refractivity contribution in [1.82, 2.24) is 0 Å². The van der Waals surface area contributed by atoms with Crippen LogP contribution in [0.5, 0.6) is 0 Å². The van der Waals surface area contributed by atoms with Crippen LogP contribution in [-0.4, -0.2) is 16.1 Å². The van der Waals surface area contributed by atoms with Crippen molar-refractivity contribution in [2.45, 2.75) is 4.58 Å². The molecule has 0 nitrogen and oxygen atoms in total. The fourth-order valence-corrected chi connectivity index (χ4v) is 2.40. The Kier molecular flexibility index (Phi) is 3.37. The highest BCUT2D eigenvalue weighted by Crippen LogP contribution is 2.24. The third kappa shape index (κ3) is 2.48. The molecule has 0 aromatic rings. The summed E-state index contributed by atoms with van der Waals surface area (Å²) in [6.07, 6.45) is 4.40. The molecular formula is C6H10S3. The van der Waals surface area contributed by atoms with Gasteiger partial charge in [0.05, 0.1) is 4.58 Å². The van der Waals surface area contributed by atoms with Crippen LogP contribution in [0.25, 0.3) is 0 Å². The van der Waals surface area contributed by atoms with Crippen LogP contribution < -0.4 is 0 Å². The van der Waals surface area contributed by atoms with Crippen molar-refractivity contribution in [2.75, 3.05) is 11.5 Å². The molecule has 1 unspecified atom stereocenters. The van der Waals surface area contributed by atoms with E-state index in [0.29, 0.717) is 5.92 Å². The zero-order valence-corrected chi connectivity index (χ0v) is 7.63. The molecule has 0 N–H and O–H groups in total. The maximum absolute atomic E-state index is 4.24. The molecule has 0 fully saturated rings. The summed E-state index contributed by atoms with van der Waals surface area (Å²) >= 11 is 10.4. The van der Waals surface area contributed by atoms with Crippen molar-refractivity contribution in [3.05, 3.63) is 12.2 Å². The van der Waals surface area contributed by atoms with Gasteiger partial charge in [0, 0.05) is 17.4 Å². The Morgan fingerprint density at radius 1 is 1.56 bits per heavy atom. The molecule has 9 heavy (non-hydrogen) atoms. The van der Waals surface area contributed by atoms with E-state index in [-0.39, 0.29) is 4.58 Å². The summed E-state index contributed by atoms with van der Waals surface area (Å²) in [5, 5.41) is 0. The molecule has 0 saturated heterocycles. The van der Waals surface area contributed by atoms with Crippen molar-refractivity contribution >= 4 is 37.0 Å². The predicted octanol–water partition coefficient (Wildman–Crippen LogP) is 2.09. The molecule has 1 aliphatic heterocycles. The van der Waals surface area contributed by atoms with Gasteiger partial charge in [-0.2, -0.15) is 37.0 Å². The molecule has 0 amide bonds. The summed E-state index contributed by atoms with van der Waals surface area (Å²) in [5.74, 6) is 2.90. The van der Waals surface area contributed by atoms with Gasteiger partial charge in [-0.05, 0) is 0 Å². The highest BCUT2D eigenvalue weighted by atomic mass is 32.2. The van der Waals surface area contributed by atoms with E-state index in [2.05, 4.69) is 37.4 Å². The molecule has 0 aliphatic carbocycles. The first-order valence-electron chi connectivity index (χ1n) is 2.91. The SMILES string of the molecule is SC(S)C1C=CCSC1. The number of hydrogen-bond acceptors (Lipinski definition) is 3. The van der Waals surface area contributed by atoms with E-state index in [1.807, 2.05) is 11.8 Å². The summed E-state index contributed by atoms with van der Waals surface area (Å²) in [5.41, 5.74) is 0. The number of rotatable bonds is 1. The highest BCUT2D eigenvalue weighted by Gasteiger charge is 2.12. The summed E-state index contributed by atoms with van der Waals surface area (Å²) in [6, 6.07) is 0. The molecule has 0 bridgehead atoms. The van der Waals surface area contributed by atoms with Gasteiger partial charge in [-0.15, -0.1) is 0 Å². The van der Waals surface area contributed by atoms with Crippen LogP contribution in [-0.2, 0) is 0 Å². The van der Waals surface area contributed by atoms with E-state index >= 15 is 0 Å². The monoisotopic (exact) mass is 178 g/mol. The molecule has 52 valence electrons. The Balaban J connectivity index is 2.40. The van der Waals surface area contributed by atoms with Crippen molar-refractivity contribution in [3.8, 4) is 0 Å². The average Bonchev–Trinajstić information content (AvgIpc) is 1.90. The Bertz CT molecular complexity index is 109. The Morgan fingerprint density at radius 2 is 2.33 bits per heavy atom. The Labute approximate surface area is 71.3 Å². The number of thioether (sulfide) groups is 1. The first-order chi connectivity index (χ1) is 4.30. The van der Waals surface area contributed by atoms with Gasteiger partial charge in [0.1, 0.15) is 0 Å². The number of thiol groups is 2. The maximum atomic E-state index is 4.24. The molecule has 0 aromatic carbocycles. The summed E-state index contributed by atoms with van der Waals surface area (Å²) < 4.78 is 0.217. The lowest BCUT2D eigenvalue weighted by atomic mass is 10.2. The molecule has 1 aliphatic rings. The minimum atomic E-state index is 0.217. The van der Waals surface area contributed by atoms with Crippen LogP contribution in [0, 0.1) is 5.92 Å². The molecule has 0 aromatic heterocycles. The summed E-state index contributed by atoms with van der Waals surface area (Å²) in [4.78, 5) is 0. The van der Waals surface area contributed by atoms with Gasteiger partial charge in [-0.3, -0.25) is 0 Å². The van der Waals surface area contributed by atoms with Crippen LogP contribution in [0.15, 0.2) is 12.2 Å².